The molecule has 5 heteroatoms. The summed E-state index contributed by atoms with van der Waals surface area (Å²) < 4.78 is 13.8. The van der Waals surface area contributed by atoms with E-state index in [4.69, 9.17) is 11.6 Å². The van der Waals surface area contributed by atoms with Crippen molar-refractivity contribution in [3.63, 3.8) is 0 Å². The summed E-state index contributed by atoms with van der Waals surface area (Å²) in [6.07, 6.45) is 8.78. The first-order valence-corrected chi connectivity index (χ1v) is 8.29. The molecule has 22 heavy (non-hydrogen) atoms. The van der Waals surface area contributed by atoms with E-state index in [2.05, 4.69) is 27.5 Å². The number of rotatable bonds is 2. The van der Waals surface area contributed by atoms with Crippen LogP contribution in [0.5, 0.6) is 0 Å². The molecule has 4 rings (SSSR count). The molecule has 110 valence electrons. The molecule has 0 radical (unpaired) electrons. The molecule has 0 fully saturated rings. The van der Waals surface area contributed by atoms with E-state index in [9.17, 15) is 4.39 Å². The molecule has 0 aromatic carbocycles. The third kappa shape index (κ3) is 2.19. The summed E-state index contributed by atoms with van der Waals surface area (Å²) in [6.45, 7) is 0. The molecule has 1 aliphatic carbocycles. The average Bonchev–Trinajstić information content (AvgIpc) is 3.18. The van der Waals surface area contributed by atoms with E-state index in [1.54, 1.807) is 17.4 Å². The molecule has 1 N–H and O–H groups in total. The van der Waals surface area contributed by atoms with Crippen LogP contribution in [0.3, 0.4) is 0 Å². The number of hydrogen-bond donors (Lipinski definition) is 1. The van der Waals surface area contributed by atoms with Crippen molar-refractivity contribution in [3.8, 4) is 11.1 Å². The minimum atomic E-state index is -0.672. The smallest absolute Gasteiger partial charge is 0.137 e. The highest BCUT2D eigenvalue weighted by Crippen LogP contribution is 2.37. The Labute approximate surface area is 136 Å². The first kappa shape index (κ1) is 13.7. The molecule has 2 atom stereocenters. The molecular weight excluding hydrogens is 319 g/mol. The maximum absolute atomic E-state index is 13.8. The molecule has 2 nitrogen and oxygen atoms in total. The van der Waals surface area contributed by atoms with E-state index < -0.39 is 5.38 Å². The number of aromatic amines is 1. The molecule has 3 aromatic rings. The molecule has 3 aromatic heterocycles. The van der Waals surface area contributed by atoms with E-state index in [-0.39, 0.29) is 11.7 Å². The Morgan fingerprint density at radius 2 is 2.23 bits per heavy atom. The average molecular weight is 331 g/mol. The van der Waals surface area contributed by atoms with Crippen molar-refractivity contribution < 1.29 is 4.39 Å². The minimum absolute atomic E-state index is 0.194. The van der Waals surface area contributed by atoms with Crippen LogP contribution in [0.4, 0.5) is 4.39 Å². The van der Waals surface area contributed by atoms with Crippen molar-refractivity contribution in [2.24, 2.45) is 0 Å². The fraction of sp³-hybridized carbons (Fsp3) is 0.118. The number of allylic oxidation sites excluding steroid dienone is 4. The van der Waals surface area contributed by atoms with Crippen molar-refractivity contribution in [1.82, 2.24) is 9.97 Å². The number of aromatic nitrogens is 2. The predicted molar refractivity (Wildman–Crippen MR) is 90.1 cm³/mol. The maximum Gasteiger partial charge on any atom is 0.137 e. The van der Waals surface area contributed by atoms with E-state index in [0.29, 0.717) is 0 Å². The fourth-order valence-corrected chi connectivity index (χ4v) is 3.73. The fourth-order valence-electron chi connectivity index (χ4n) is 2.78. The quantitative estimate of drug-likeness (QED) is 0.626. The Morgan fingerprint density at radius 3 is 3.05 bits per heavy atom. The summed E-state index contributed by atoms with van der Waals surface area (Å²) in [5, 5.41) is 4.44. The maximum atomic E-state index is 13.8. The lowest BCUT2D eigenvalue weighted by Gasteiger charge is -2.20. The molecule has 1 aliphatic rings. The third-order valence-electron chi connectivity index (χ3n) is 3.93. The highest BCUT2D eigenvalue weighted by atomic mass is 35.5. The number of hydrogen-bond acceptors (Lipinski definition) is 2. The van der Waals surface area contributed by atoms with Crippen LogP contribution in [-0.2, 0) is 0 Å². The summed E-state index contributed by atoms with van der Waals surface area (Å²) in [5.41, 5.74) is 3.95. The summed E-state index contributed by atoms with van der Waals surface area (Å²) >= 11 is 7.89. The van der Waals surface area contributed by atoms with Crippen LogP contribution >= 0.6 is 22.9 Å². The van der Waals surface area contributed by atoms with Crippen molar-refractivity contribution in [2.45, 2.75) is 11.3 Å². The molecule has 2 unspecified atom stereocenters. The van der Waals surface area contributed by atoms with Gasteiger partial charge in [-0.15, -0.1) is 11.6 Å². The zero-order chi connectivity index (χ0) is 15.1. The Morgan fingerprint density at radius 1 is 1.32 bits per heavy atom. The first-order chi connectivity index (χ1) is 10.7. The van der Waals surface area contributed by atoms with Gasteiger partial charge in [0.25, 0.3) is 0 Å². The van der Waals surface area contributed by atoms with Crippen molar-refractivity contribution in [3.05, 3.63) is 64.9 Å². The van der Waals surface area contributed by atoms with Gasteiger partial charge < -0.3 is 4.98 Å². The largest absolute Gasteiger partial charge is 0.346 e. The highest BCUT2D eigenvalue weighted by Gasteiger charge is 2.27. The van der Waals surface area contributed by atoms with Crippen LogP contribution in [0.15, 0.2) is 59.3 Å². The molecule has 0 spiro atoms. The van der Waals surface area contributed by atoms with Gasteiger partial charge in [-0.1, -0.05) is 12.2 Å². The van der Waals surface area contributed by atoms with Crippen LogP contribution in [0.1, 0.15) is 11.5 Å². The minimum Gasteiger partial charge on any atom is -0.346 e. The lowest BCUT2D eigenvalue weighted by molar-refractivity contribution is 0.571. The SMILES string of the molecule is FC1=CC=CC(c2c[nH]c3ncc(-c4ccsc4)cc23)C1Cl. The Balaban J connectivity index is 1.83. The van der Waals surface area contributed by atoms with E-state index in [0.717, 1.165) is 27.7 Å². The number of pyridine rings is 1. The molecule has 0 bridgehead atoms. The highest BCUT2D eigenvalue weighted by molar-refractivity contribution is 7.08. The predicted octanol–water partition coefficient (Wildman–Crippen LogP) is 5.41. The Hall–Kier alpha value is -1.91. The molecule has 3 heterocycles. The second-order valence-electron chi connectivity index (χ2n) is 5.24. The van der Waals surface area contributed by atoms with Crippen molar-refractivity contribution >= 4 is 34.0 Å². The van der Waals surface area contributed by atoms with E-state index >= 15 is 0 Å². The van der Waals surface area contributed by atoms with Crippen molar-refractivity contribution in [1.29, 1.82) is 0 Å². The summed E-state index contributed by atoms with van der Waals surface area (Å²) in [4.78, 5) is 7.62. The van der Waals surface area contributed by atoms with Gasteiger partial charge in [-0.3, -0.25) is 0 Å². The van der Waals surface area contributed by atoms with E-state index in [1.807, 2.05) is 23.8 Å². The van der Waals surface area contributed by atoms with Gasteiger partial charge in [0.05, 0.1) is 5.38 Å². The second-order valence-corrected chi connectivity index (χ2v) is 6.49. The Bertz CT molecular complexity index is 879. The lowest BCUT2D eigenvalue weighted by Crippen LogP contribution is -2.13. The number of fused-ring (bicyclic) bond motifs is 1. The third-order valence-corrected chi connectivity index (χ3v) is 5.09. The summed E-state index contributed by atoms with van der Waals surface area (Å²) in [7, 11) is 0. The van der Waals surface area contributed by atoms with Gasteiger partial charge in [-0.25, -0.2) is 9.37 Å². The van der Waals surface area contributed by atoms with Gasteiger partial charge in [0, 0.05) is 29.3 Å². The Kier molecular flexibility index (Phi) is 3.36. The van der Waals surface area contributed by atoms with Gasteiger partial charge in [0.15, 0.2) is 0 Å². The second kappa shape index (κ2) is 5.38. The zero-order valence-electron chi connectivity index (χ0n) is 11.5. The molecule has 0 saturated heterocycles. The molecule has 0 amide bonds. The number of alkyl halides is 1. The van der Waals surface area contributed by atoms with E-state index in [1.165, 1.54) is 6.08 Å². The molecule has 0 aliphatic heterocycles. The van der Waals surface area contributed by atoms with Gasteiger partial charge >= 0.3 is 0 Å². The van der Waals surface area contributed by atoms with Gasteiger partial charge in [0.2, 0.25) is 0 Å². The molecular formula is C17H12ClFN2S. The number of nitrogens with zero attached hydrogens (tertiary/aromatic N) is 1. The number of H-pyrrole nitrogens is 1. The number of halogens is 2. The number of thiophene rings is 1. The van der Waals surface area contributed by atoms with Gasteiger partial charge in [0.1, 0.15) is 11.5 Å². The van der Waals surface area contributed by atoms with Crippen LogP contribution < -0.4 is 0 Å². The monoisotopic (exact) mass is 330 g/mol. The normalized spacial score (nSPS) is 21.3. The van der Waals surface area contributed by atoms with Crippen LogP contribution in [0.25, 0.3) is 22.2 Å². The summed E-state index contributed by atoms with van der Waals surface area (Å²) in [6, 6.07) is 4.15. The topological polar surface area (TPSA) is 28.7 Å². The number of nitrogens with one attached hydrogen (secondary N) is 1. The van der Waals surface area contributed by atoms with Crippen LogP contribution in [-0.4, -0.2) is 15.3 Å². The lowest BCUT2D eigenvalue weighted by atomic mass is 9.91. The van der Waals surface area contributed by atoms with Crippen LogP contribution in [0, 0.1) is 0 Å². The van der Waals surface area contributed by atoms with Gasteiger partial charge in [-0.05, 0) is 40.1 Å². The molecule has 0 saturated carbocycles. The standard InChI is InChI=1S/C17H12ClFN2S/c18-16-12(2-1-3-15(16)19)14-8-21-17-13(14)6-11(7-20-17)10-4-5-22-9-10/h1-9,12,16H,(H,20,21). The zero-order valence-corrected chi connectivity index (χ0v) is 13.0. The van der Waals surface area contributed by atoms with Crippen molar-refractivity contribution in [2.75, 3.05) is 0 Å². The first-order valence-electron chi connectivity index (χ1n) is 6.91. The van der Waals surface area contributed by atoms with Gasteiger partial charge in [-0.2, -0.15) is 11.3 Å². The van der Waals surface area contributed by atoms with Crippen LogP contribution in [0.2, 0.25) is 0 Å². The summed E-state index contributed by atoms with van der Waals surface area (Å²) in [5.74, 6) is -0.495.